The number of rotatable bonds is 3. The van der Waals surface area contributed by atoms with Crippen molar-refractivity contribution in [1.29, 1.82) is 0 Å². The molecule has 1 aliphatic rings. The Hall–Kier alpha value is -1.70. The van der Waals surface area contributed by atoms with Gasteiger partial charge in [0.1, 0.15) is 0 Å². The Bertz CT molecular complexity index is 488. The Balaban J connectivity index is 0.00000180. The van der Waals surface area contributed by atoms with Crippen molar-refractivity contribution < 1.29 is 14.3 Å². The minimum absolute atomic E-state index is 0. The maximum Gasteiger partial charge on any atom is 0.358 e. The monoisotopic (exact) mass is 286 g/mol. The van der Waals surface area contributed by atoms with Crippen molar-refractivity contribution in [1.82, 2.24) is 15.3 Å². The number of nitrogens with one attached hydrogen (secondary N) is 2. The smallest absolute Gasteiger partial charge is 0.358 e. The number of carbonyl (C=O) groups is 2. The quantitative estimate of drug-likeness (QED) is 0.809. The van der Waals surface area contributed by atoms with Gasteiger partial charge in [-0.05, 0) is 20.8 Å². The number of urea groups is 1. The van der Waals surface area contributed by atoms with Crippen LogP contribution in [0.3, 0.4) is 0 Å². The molecule has 0 bridgehead atoms. The molecule has 8 heteroatoms. The largest absolute Gasteiger partial charge is 0.461 e. The van der Waals surface area contributed by atoms with Gasteiger partial charge in [0.2, 0.25) is 5.95 Å². The summed E-state index contributed by atoms with van der Waals surface area (Å²) in [6.45, 7) is 6.17. The number of nitrogens with zero attached hydrogens (tertiary/aromatic N) is 2. The molecule has 0 saturated carbocycles. The third-order valence-corrected chi connectivity index (χ3v) is 2.67. The fourth-order valence-electron chi connectivity index (χ4n) is 1.84. The van der Waals surface area contributed by atoms with Crippen LogP contribution in [0.15, 0.2) is 0 Å². The fourth-order valence-corrected chi connectivity index (χ4v) is 1.84. The van der Waals surface area contributed by atoms with E-state index >= 15 is 0 Å². The van der Waals surface area contributed by atoms with Gasteiger partial charge < -0.3 is 15.0 Å². The molecule has 0 aromatic carbocycles. The molecular weight excluding hydrogens is 268 g/mol. The molecule has 0 radical (unpaired) electrons. The zero-order valence-corrected chi connectivity index (χ0v) is 12.1. The Morgan fingerprint density at radius 2 is 2.26 bits per heavy atom. The zero-order chi connectivity index (χ0) is 13.3. The van der Waals surface area contributed by atoms with Crippen molar-refractivity contribution in [2.75, 3.05) is 18.1 Å². The highest BCUT2D eigenvalue weighted by atomic mass is 32.1. The summed E-state index contributed by atoms with van der Waals surface area (Å²) in [5, 5.41) is 2.76. The van der Waals surface area contributed by atoms with Crippen LogP contribution in [-0.4, -0.2) is 41.2 Å². The van der Waals surface area contributed by atoms with E-state index in [1.807, 2.05) is 6.92 Å². The van der Waals surface area contributed by atoms with E-state index in [1.165, 1.54) is 4.90 Å². The molecule has 106 valence electrons. The highest BCUT2D eigenvalue weighted by Crippen LogP contribution is 2.17. The topological polar surface area (TPSA) is 87.3 Å². The predicted octanol–water partition coefficient (Wildman–Crippen LogP) is 0.926. The average molecular weight is 286 g/mol. The summed E-state index contributed by atoms with van der Waals surface area (Å²) >= 11 is 0. The molecule has 7 nitrogen and oxygen atoms in total. The summed E-state index contributed by atoms with van der Waals surface area (Å²) in [5.74, 6) is -0.109. The summed E-state index contributed by atoms with van der Waals surface area (Å²) in [7, 11) is 0. The zero-order valence-electron chi connectivity index (χ0n) is 11.1. The Labute approximate surface area is 118 Å². The lowest BCUT2D eigenvalue weighted by molar-refractivity contribution is 0.0519. The molecule has 2 heterocycles. The molecule has 2 amide bonds. The van der Waals surface area contributed by atoms with Crippen LogP contribution in [-0.2, 0) is 4.74 Å². The van der Waals surface area contributed by atoms with Crippen LogP contribution in [0.4, 0.5) is 10.7 Å². The van der Waals surface area contributed by atoms with E-state index in [9.17, 15) is 9.59 Å². The third-order valence-electron chi connectivity index (χ3n) is 2.67. The molecule has 1 saturated heterocycles. The summed E-state index contributed by atoms with van der Waals surface area (Å²) in [6, 6.07) is -0.152. The third kappa shape index (κ3) is 3.01. The minimum Gasteiger partial charge on any atom is -0.461 e. The second kappa shape index (κ2) is 5.96. The first-order valence-electron chi connectivity index (χ1n) is 5.84. The molecule has 1 aromatic rings. The van der Waals surface area contributed by atoms with Gasteiger partial charge in [-0.3, -0.25) is 4.90 Å². The van der Waals surface area contributed by atoms with Gasteiger partial charge in [-0.15, -0.1) is 0 Å². The molecule has 0 aliphatic carbocycles. The molecule has 1 fully saturated rings. The predicted molar refractivity (Wildman–Crippen MR) is 75.0 cm³/mol. The summed E-state index contributed by atoms with van der Waals surface area (Å²) in [4.78, 5) is 31.8. The highest BCUT2D eigenvalue weighted by molar-refractivity contribution is 7.59. The summed E-state index contributed by atoms with van der Waals surface area (Å²) < 4.78 is 4.89. The van der Waals surface area contributed by atoms with Crippen LogP contribution in [0, 0.1) is 6.92 Å². The van der Waals surface area contributed by atoms with E-state index in [4.69, 9.17) is 4.74 Å². The van der Waals surface area contributed by atoms with Crippen molar-refractivity contribution >= 4 is 31.4 Å². The number of aromatic amines is 1. The van der Waals surface area contributed by atoms with Crippen molar-refractivity contribution in [3.8, 4) is 0 Å². The lowest BCUT2D eigenvalue weighted by atomic mass is 10.3. The SMILES string of the molecule is CCOC(=O)c1nc(N2C[C@H](C)NC2=O)[nH]c1C.S. The maximum atomic E-state index is 11.6. The van der Waals surface area contributed by atoms with E-state index in [1.54, 1.807) is 13.8 Å². The Kier molecular flexibility index (Phi) is 4.82. The van der Waals surface area contributed by atoms with E-state index in [0.29, 0.717) is 24.8 Å². The fraction of sp³-hybridized carbons (Fsp3) is 0.545. The van der Waals surface area contributed by atoms with Crippen molar-refractivity contribution in [2.45, 2.75) is 26.8 Å². The van der Waals surface area contributed by atoms with E-state index in [2.05, 4.69) is 15.3 Å². The number of ether oxygens (including phenoxy) is 1. The number of esters is 1. The number of aryl methyl sites for hydroxylation is 1. The van der Waals surface area contributed by atoms with Crippen molar-refractivity contribution in [2.24, 2.45) is 0 Å². The van der Waals surface area contributed by atoms with Gasteiger partial charge in [-0.25, -0.2) is 14.6 Å². The average Bonchev–Trinajstić information content (AvgIpc) is 2.82. The molecule has 2 rings (SSSR count). The van der Waals surface area contributed by atoms with Gasteiger partial charge in [0.15, 0.2) is 5.69 Å². The van der Waals surface area contributed by atoms with Gasteiger partial charge in [-0.2, -0.15) is 13.5 Å². The maximum absolute atomic E-state index is 11.6. The number of H-pyrrole nitrogens is 1. The summed E-state index contributed by atoms with van der Waals surface area (Å²) in [6.07, 6.45) is 0. The van der Waals surface area contributed by atoms with Gasteiger partial charge in [-0.1, -0.05) is 0 Å². The number of carbonyl (C=O) groups excluding carboxylic acids is 2. The lowest BCUT2D eigenvalue weighted by Crippen LogP contribution is -2.28. The first-order valence-corrected chi connectivity index (χ1v) is 5.84. The number of aromatic nitrogens is 2. The first-order chi connectivity index (χ1) is 8.52. The number of imidazole rings is 1. The van der Waals surface area contributed by atoms with Gasteiger partial charge in [0.05, 0.1) is 13.2 Å². The Morgan fingerprint density at radius 1 is 1.58 bits per heavy atom. The summed E-state index contributed by atoms with van der Waals surface area (Å²) in [5.41, 5.74) is 0.815. The molecular formula is C11H18N4O3S. The van der Waals surface area contributed by atoms with Crippen LogP contribution in [0.2, 0.25) is 0 Å². The normalized spacial score (nSPS) is 17.9. The Morgan fingerprint density at radius 3 is 2.79 bits per heavy atom. The number of hydrogen-bond acceptors (Lipinski definition) is 4. The van der Waals surface area contributed by atoms with Crippen LogP contribution in [0.1, 0.15) is 30.0 Å². The van der Waals surface area contributed by atoms with Crippen LogP contribution in [0.5, 0.6) is 0 Å². The standard InChI is InChI=1S/C11H16N4O3.H2S/c1-4-18-9(16)8-7(3)13-10(14-8)15-5-6(2)12-11(15)17;/h6H,4-5H2,1-3H3,(H,12,17)(H,13,14);1H2/t6-;/m0./s1. The molecule has 1 atom stereocenters. The second-order valence-electron chi connectivity index (χ2n) is 4.22. The lowest BCUT2D eigenvalue weighted by Gasteiger charge is -2.09. The molecule has 0 spiro atoms. The molecule has 19 heavy (non-hydrogen) atoms. The van der Waals surface area contributed by atoms with Crippen LogP contribution >= 0.6 is 13.5 Å². The van der Waals surface area contributed by atoms with Gasteiger partial charge in [0.25, 0.3) is 0 Å². The highest BCUT2D eigenvalue weighted by Gasteiger charge is 2.30. The van der Waals surface area contributed by atoms with Crippen LogP contribution < -0.4 is 10.2 Å². The number of amides is 2. The molecule has 1 aliphatic heterocycles. The minimum atomic E-state index is -0.481. The molecule has 1 aromatic heterocycles. The van der Waals surface area contributed by atoms with E-state index in [0.717, 1.165) is 0 Å². The number of anilines is 1. The molecule has 0 unspecified atom stereocenters. The van der Waals surface area contributed by atoms with Gasteiger partial charge in [0, 0.05) is 11.7 Å². The van der Waals surface area contributed by atoms with Gasteiger partial charge >= 0.3 is 12.0 Å². The van der Waals surface area contributed by atoms with Crippen molar-refractivity contribution in [3.63, 3.8) is 0 Å². The van der Waals surface area contributed by atoms with Crippen LogP contribution in [0.25, 0.3) is 0 Å². The van der Waals surface area contributed by atoms with Crippen molar-refractivity contribution in [3.05, 3.63) is 11.4 Å². The van der Waals surface area contributed by atoms with E-state index in [-0.39, 0.29) is 31.3 Å². The molecule has 2 N–H and O–H groups in total. The van der Waals surface area contributed by atoms with E-state index < -0.39 is 5.97 Å². The number of hydrogen-bond donors (Lipinski definition) is 2. The first kappa shape index (κ1) is 15.4. The second-order valence-corrected chi connectivity index (χ2v) is 4.22.